The molecule has 0 spiro atoms. The minimum atomic E-state index is -1.61. The van der Waals surface area contributed by atoms with Crippen LogP contribution < -0.4 is 5.32 Å². The highest BCUT2D eigenvalue weighted by Crippen LogP contribution is 2.22. The molecule has 1 fully saturated rings. The Bertz CT molecular complexity index is 898. The van der Waals surface area contributed by atoms with Crippen LogP contribution >= 0.6 is 0 Å². The maximum Gasteiger partial charge on any atom is 0.249 e. The summed E-state index contributed by atoms with van der Waals surface area (Å²) in [7, 11) is 0. The molecule has 1 saturated heterocycles. The molecule has 8 atom stereocenters. The lowest BCUT2D eigenvalue weighted by Gasteiger charge is -2.40. The minimum Gasteiger partial charge on any atom is -0.394 e. The molecule has 10 nitrogen and oxygen atoms in total. The van der Waals surface area contributed by atoms with Gasteiger partial charge < -0.3 is 45.4 Å². The molecule has 1 amide bonds. The monoisotopic (exact) mass is 728 g/mol. The predicted octanol–water partition coefficient (Wildman–Crippen LogP) is 6.52. The summed E-state index contributed by atoms with van der Waals surface area (Å²) in [6.45, 7) is 5.70. The van der Waals surface area contributed by atoms with Crippen LogP contribution in [0, 0.1) is 0 Å². The molecule has 7 N–H and O–H groups in total. The van der Waals surface area contributed by atoms with Crippen molar-refractivity contribution in [1.29, 1.82) is 0 Å². The van der Waals surface area contributed by atoms with Crippen LogP contribution in [-0.4, -0.2) is 98.7 Å². The normalized spacial score (nSPS) is 23.1. The summed E-state index contributed by atoms with van der Waals surface area (Å²) < 4.78 is 11.1. The number of hydrogen-bond donors (Lipinski definition) is 7. The second-order valence-electron chi connectivity index (χ2n) is 14.8. The van der Waals surface area contributed by atoms with E-state index >= 15 is 0 Å². The molecule has 1 heterocycles. The van der Waals surface area contributed by atoms with E-state index < -0.39 is 61.5 Å². The average molecular weight is 728 g/mol. The minimum absolute atomic E-state index is 0.306. The highest BCUT2D eigenvalue weighted by Gasteiger charge is 2.44. The predicted molar refractivity (Wildman–Crippen MR) is 204 cm³/mol. The van der Waals surface area contributed by atoms with E-state index in [0.29, 0.717) is 19.3 Å². The van der Waals surface area contributed by atoms with Gasteiger partial charge in [-0.3, -0.25) is 4.79 Å². The Morgan fingerprint density at radius 3 is 1.82 bits per heavy atom. The van der Waals surface area contributed by atoms with Crippen molar-refractivity contribution in [1.82, 2.24) is 5.32 Å². The van der Waals surface area contributed by atoms with Crippen LogP contribution in [0.2, 0.25) is 0 Å². The SMILES string of the molecule is CCCCCCCCCCCCCC[C@H](O)C(=O)N[C@@H](CO[C@@H]1O[C@H](CO)[C@@H](O)[C@H](O)[C@H]1O)[C@H](O)/C=C/CC/C=C(\C)CCCCCCCCC. The van der Waals surface area contributed by atoms with Crippen LogP contribution in [0.15, 0.2) is 23.8 Å². The van der Waals surface area contributed by atoms with Crippen molar-refractivity contribution in [3.8, 4) is 0 Å². The molecule has 300 valence electrons. The first kappa shape index (κ1) is 47.7. The van der Waals surface area contributed by atoms with E-state index in [0.717, 1.165) is 32.1 Å². The number of unbranched alkanes of at least 4 members (excludes halogenated alkanes) is 18. The fourth-order valence-corrected chi connectivity index (χ4v) is 6.48. The van der Waals surface area contributed by atoms with Gasteiger partial charge in [-0.05, 0) is 39.0 Å². The number of rotatable bonds is 32. The molecule has 1 rings (SSSR count). The van der Waals surface area contributed by atoms with Gasteiger partial charge in [0.15, 0.2) is 6.29 Å². The number of aliphatic hydroxyl groups excluding tert-OH is 6. The summed E-state index contributed by atoms with van der Waals surface area (Å²) in [6.07, 6.45) is 22.0. The first-order chi connectivity index (χ1) is 24.7. The number of carbonyl (C=O) groups is 1. The van der Waals surface area contributed by atoms with Crippen molar-refractivity contribution in [3.05, 3.63) is 23.8 Å². The maximum atomic E-state index is 13.0. The fraction of sp³-hybridized carbons (Fsp3) is 0.878. The molecule has 0 radical (unpaired) electrons. The van der Waals surface area contributed by atoms with Crippen LogP contribution in [0.5, 0.6) is 0 Å². The molecule has 0 saturated carbocycles. The highest BCUT2D eigenvalue weighted by atomic mass is 16.7. The van der Waals surface area contributed by atoms with E-state index in [1.807, 2.05) is 6.08 Å². The number of ether oxygens (including phenoxy) is 2. The zero-order chi connectivity index (χ0) is 37.7. The number of carbonyl (C=O) groups excluding carboxylic acids is 1. The van der Waals surface area contributed by atoms with Gasteiger partial charge >= 0.3 is 0 Å². The van der Waals surface area contributed by atoms with E-state index in [-0.39, 0.29) is 6.61 Å². The Morgan fingerprint density at radius 2 is 1.27 bits per heavy atom. The van der Waals surface area contributed by atoms with E-state index in [2.05, 4.69) is 32.2 Å². The molecule has 0 aromatic rings. The largest absolute Gasteiger partial charge is 0.394 e. The molecule has 0 aliphatic carbocycles. The van der Waals surface area contributed by atoms with Crippen molar-refractivity contribution in [2.45, 2.75) is 217 Å². The fourth-order valence-electron chi connectivity index (χ4n) is 6.48. The van der Waals surface area contributed by atoms with Crippen molar-refractivity contribution in [3.63, 3.8) is 0 Å². The third-order valence-corrected chi connectivity index (χ3v) is 10.00. The van der Waals surface area contributed by atoms with Crippen LogP contribution in [0.25, 0.3) is 0 Å². The number of nitrogens with one attached hydrogen (secondary N) is 1. The summed E-state index contributed by atoms with van der Waals surface area (Å²) in [6, 6.07) is -0.993. The van der Waals surface area contributed by atoms with E-state index in [4.69, 9.17) is 9.47 Å². The molecule has 0 unspecified atom stereocenters. The van der Waals surface area contributed by atoms with Gasteiger partial charge in [-0.15, -0.1) is 0 Å². The summed E-state index contributed by atoms with van der Waals surface area (Å²) in [5.74, 6) is -0.628. The third kappa shape index (κ3) is 22.4. The Hall–Kier alpha value is -1.37. The summed E-state index contributed by atoms with van der Waals surface area (Å²) in [5, 5.41) is 64.5. The zero-order valence-corrected chi connectivity index (χ0v) is 32.4. The van der Waals surface area contributed by atoms with Crippen LogP contribution in [0.3, 0.4) is 0 Å². The number of hydrogen-bond acceptors (Lipinski definition) is 9. The molecular formula is C41H77NO9. The second kappa shape index (κ2) is 31.0. The van der Waals surface area contributed by atoms with Gasteiger partial charge in [-0.1, -0.05) is 153 Å². The van der Waals surface area contributed by atoms with Gasteiger partial charge in [0, 0.05) is 0 Å². The standard InChI is InChI=1S/C41H77NO9/c1-4-6-8-10-12-13-14-15-16-18-20-24-29-35(45)40(49)42-33(31-50-41-39(48)38(47)37(46)36(30-43)51-41)34(44)28-25-21-23-27-32(3)26-22-19-17-11-9-7-5-2/h25,27-28,33-39,41,43-48H,4-24,26,29-31H2,1-3H3,(H,42,49)/b28-25+,32-27+/t33-,34+,35-,36+,37+,38-,39+,41+/m0/s1. The lowest BCUT2D eigenvalue weighted by atomic mass is 9.99. The lowest BCUT2D eigenvalue weighted by molar-refractivity contribution is -0.302. The van der Waals surface area contributed by atoms with E-state index in [9.17, 15) is 35.4 Å². The molecule has 0 bridgehead atoms. The average Bonchev–Trinajstić information content (AvgIpc) is 3.12. The van der Waals surface area contributed by atoms with Crippen molar-refractivity contribution in [2.24, 2.45) is 0 Å². The third-order valence-electron chi connectivity index (χ3n) is 10.00. The molecule has 10 heteroatoms. The summed E-state index contributed by atoms with van der Waals surface area (Å²) in [5.41, 5.74) is 1.36. The van der Waals surface area contributed by atoms with Gasteiger partial charge in [0.05, 0.1) is 25.4 Å². The quantitative estimate of drug-likeness (QED) is 0.0301. The smallest absolute Gasteiger partial charge is 0.249 e. The Balaban J connectivity index is 2.59. The molecule has 0 aromatic carbocycles. The van der Waals surface area contributed by atoms with Gasteiger partial charge in [-0.2, -0.15) is 0 Å². The molecule has 1 aliphatic rings. The first-order valence-corrected chi connectivity index (χ1v) is 20.6. The van der Waals surface area contributed by atoms with Gasteiger partial charge in [0.25, 0.3) is 0 Å². The molecular weight excluding hydrogens is 650 g/mol. The van der Waals surface area contributed by atoms with Gasteiger partial charge in [-0.25, -0.2) is 0 Å². The molecule has 0 aromatic heterocycles. The van der Waals surface area contributed by atoms with E-state index in [1.165, 1.54) is 102 Å². The number of amides is 1. The summed E-state index contributed by atoms with van der Waals surface area (Å²) >= 11 is 0. The Kier molecular flexibility index (Phi) is 29.0. The maximum absolute atomic E-state index is 13.0. The van der Waals surface area contributed by atoms with Crippen molar-refractivity contribution >= 4 is 5.91 Å². The topological polar surface area (TPSA) is 169 Å². The Labute approximate surface area is 310 Å². The highest BCUT2D eigenvalue weighted by molar-refractivity contribution is 5.80. The zero-order valence-electron chi connectivity index (χ0n) is 32.4. The molecule has 51 heavy (non-hydrogen) atoms. The van der Waals surface area contributed by atoms with Crippen LogP contribution in [-0.2, 0) is 14.3 Å². The summed E-state index contributed by atoms with van der Waals surface area (Å²) in [4.78, 5) is 13.0. The molecule has 1 aliphatic heterocycles. The number of allylic oxidation sites excluding steroid dienone is 3. The van der Waals surface area contributed by atoms with Crippen molar-refractivity contribution in [2.75, 3.05) is 13.2 Å². The second-order valence-corrected chi connectivity index (χ2v) is 14.8. The lowest BCUT2D eigenvalue weighted by Crippen LogP contribution is -2.60. The van der Waals surface area contributed by atoms with Crippen molar-refractivity contribution < 1.29 is 44.9 Å². The first-order valence-electron chi connectivity index (χ1n) is 20.6. The van der Waals surface area contributed by atoms with Gasteiger partial charge in [0.2, 0.25) is 5.91 Å². The number of aliphatic hydroxyl groups is 6. The van der Waals surface area contributed by atoms with Crippen LogP contribution in [0.1, 0.15) is 168 Å². The van der Waals surface area contributed by atoms with E-state index in [1.54, 1.807) is 6.08 Å². The Morgan fingerprint density at radius 1 is 0.745 bits per heavy atom. The van der Waals surface area contributed by atoms with Crippen LogP contribution in [0.4, 0.5) is 0 Å². The van der Waals surface area contributed by atoms with Gasteiger partial charge in [0.1, 0.15) is 30.5 Å².